The van der Waals surface area contributed by atoms with Gasteiger partial charge in [-0.3, -0.25) is 0 Å². The van der Waals surface area contributed by atoms with E-state index < -0.39 is 5.82 Å². The number of halogens is 2. The molecule has 0 spiro atoms. The van der Waals surface area contributed by atoms with Gasteiger partial charge in [-0.15, -0.1) is 0 Å². The Morgan fingerprint density at radius 3 is 2.76 bits per heavy atom. The molecule has 0 bridgehead atoms. The number of rotatable bonds is 5. The Kier molecular flexibility index (Phi) is 5.15. The van der Waals surface area contributed by atoms with E-state index in [1.165, 1.54) is 18.2 Å². The molecule has 1 N–H and O–H groups in total. The minimum atomic E-state index is -0.400. The van der Waals surface area contributed by atoms with Crippen LogP contribution in [-0.4, -0.2) is 7.05 Å². The molecule has 0 atom stereocenters. The summed E-state index contributed by atoms with van der Waals surface area (Å²) in [4.78, 5) is 0. The summed E-state index contributed by atoms with van der Waals surface area (Å²) in [6.45, 7) is 0.800. The topological polar surface area (TPSA) is 45.0 Å². The lowest BCUT2D eigenvalue weighted by Gasteiger charge is -2.10. The van der Waals surface area contributed by atoms with E-state index in [4.69, 9.17) is 21.6 Å². The second-order valence-electron chi connectivity index (χ2n) is 4.50. The third-order valence-corrected chi connectivity index (χ3v) is 3.24. The highest BCUT2D eigenvalue weighted by Gasteiger charge is 2.07. The fourth-order valence-electron chi connectivity index (χ4n) is 1.92. The molecule has 0 aliphatic heterocycles. The Morgan fingerprint density at radius 2 is 2.10 bits per heavy atom. The molecule has 21 heavy (non-hydrogen) atoms. The minimum absolute atomic E-state index is 0.0890. The summed E-state index contributed by atoms with van der Waals surface area (Å²) in [6.07, 6.45) is 0. The van der Waals surface area contributed by atoms with E-state index in [0.29, 0.717) is 28.4 Å². The Balaban J connectivity index is 2.13. The van der Waals surface area contributed by atoms with Crippen molar-refractivity contribution in [2.24, 2.45) is 0 Å². The molecule has 0 unspecified atom stereocenters. The molecule has 0 aliphatic carbocycles. The predicted molar refractivity (Wildman–Crippen MR) is 79.7 cm³/mol. The zero-order chi connectivity index (χ0) is 15.2. The standard InChI is InChI=1S/C16H14ClFN2O/c1-20-9-11-2-5-16(15(17)6-11)21-10-13-7-14(18)4-3-12(13)8-19/h2-7,20H,9-10H2,1H3. The number of hydrogen-bond donors (Lipinski definition) is 1. The second-order valence-corrected chi connectivity index (χ2v) is 4.90. The fourth-order valence-corrected chi connectivity index (χ4v) is 2.18. The lowest BCUT2D eigenvalue weighted by atomic mass is 10.1. The monoisotopic (exact) mass is 304 g/mol. The molecule has 2 aromatic carbocycles. The first-order valence-corrected chi connectivity index (χ1v) is 6.76. The zero-order valence-corrected chi connectivity index (χ0v) is 12.2. The highest BCUT2D eigenvalue weighted by molar-refractivity contribution is 6.32. The quantitative estimate of drug-likeness (QED) is 0.917. The van der Waals surface area contributed by atoms with Crippen molar-refractivity contribution in [2.75, 3.05) is 7.05 Å². The van der Waals surface area contributed by atoms with Crippen LogP contribution in [0, 0.1) is 17.1 Å². The van der Waals surface area contributed by atoms with Gasteiger partial charge < -0.3 is 10.1 Å². The Morgan fingerprint density at radius 1 is 1.29 bits per heavy atom. The minimum Gasteiger partial charge on any atom is -0.487 e. The number of nitrogens with one attached hydrogen (secondary N) is 1. The summed E-state index contributed by atoms with van der Waals surface area (Å²) in [5.41, 5.74) is 1.92. The van der Waals surface area contributed by atoms with Crippen molar-refractivity contribution >= 4 is 11.6 Å². The fraction of sp³-hybridized carbons (Fsp3) is 0.188. The molecule has 0 aromatic heterocycles. The maximum atomic E-state index is 13.2. The largest absolute Gasteiger partial charge is 0.487 e. The third-order valence-electron chi connectivity index (χ3n) is 2.95. The van der Waals surface area contributed by atoms with Crippen LogP contribution >= 0.6 is 11.6 Å². The maximum Gasteiger partial charge on any atom is 0.138 e. The highest BCUT2D eigenvalue weighted by atomic mass is 35.5. The van der Waals surface area contributed by atoms with Crippen molar-refractivity contribution in [3.05, 3.63) is 63.9 Å². The van der Waals surface area contributed by atoms with E-state index in [1.54, 1.807) is 6.07 Å². The van der Waals surface area contributed by atoms with Gasteiger partial charge in [-0.25, -0.2) is 4.39 Å². The lowest BCUT2D eigenvalue weighted by molar-refractivity contribution is 0.305. The van der Waals surface area contributed by atoms with Crippen molar-refractivity contribution in [1.29, 1.82) is 5.26 Å². The first kappa shape index (κ1) is 15.3. The maximum absolute atomic E-state index is 13.2. The van der Waals surface area contributed by atoms with Crippen LogP contribution in [0.5, 0.6) is 5.75 Å². The summed E-state index contributed by atoms with van der Waals surface area (Å²) in [6, 6.07) is 11.5. The second kappa shape index (κ2) is 7.07. The molecule has 3 nitrogen and oxygen atoms in total. The molecule has 0 saturated heterocycles. The Labute approximate surface area is 127 Å². The summed E-state index contributed by atoms with van der Waals surface area (Å²) in [7, 11) is 1.85. The summed E-state index contributed by atoms with van der Waals surface area (Å²) >= 11 is 6.14. The van der Waals surface area contributed by atoms with E-state index in [9.17, 15) is 4.39 Å². The van der Waals surface area contributed by atoms with Crippen LogP contribution < -0.4 is 10.1 Å². The lowest BCUT2D eigenvalue weighted by Crippen LogP contribution is -2.05. The normalized spacial score (nSPS) is 10.2. The number of ether oxygens (including phenoxy) is 1. The molecule has 108 valence electrons. The van der Waals surface area contributed by atoms with Crippen LogP contribution in [0.2, 0.25) is 5.02 Å². The van der Waals surface area contributed by atoms with Crippen LogP contribution in [0.25, 0.3) is 0 Å². The van der Waals surface area contributed by atoms with Gasteiger partial charge in [-0.2, -0.15) is 5.26 Å². The Hall–Kier alpha value is -2.09. The molecule has 5 heteroatoms. The van der Waals surface area contributed by atoms with Gasteiger partial charge in [0.05, 0.1) is 16.7 Å². The number of benzene rings is 2. The van der Waals surface area contributed by atoms with Crippen LogP contribution in [0.3, 0.4) is 0 Å². The zero-order valence-electron chi connectivity index (χ0n) is 11.5. The van der Waals surface area contributed by atoms with Gasteiger partial charge >= 0.3 is 0 Å². The average Bonchev–Trinajstić information content (AvgIpc) is 2.47. The highest BCUT2D eigenvalue weighted by Crippen LogP contribution is 2.26. The smallest absolute Gasteiger partial charge is 0.138 e. The molecule has 0 heterocycles. The molecule has 2 aromatic rings. The van der Waals surface area contributed by atoms with Gasteiger partial charge in [-0.05, 0) is 42.9 Å². The third kappa shape index (κ3) is 3.94. The summed E-state index contributed by atoms with van der Waals surface area (Å²) < 4.78 is 18.8. The van der Waals surface area contributed by atoms with Gasteiger partial charge in [0.25, 0.3) is 0 Å². The number of nitriles is 1. The van der Waals surface area contributed by atoms with E-state index in [-0.39, 0.29) is 6.61 Å². The van der Waals surface area contributed by atoms with Crippen LogP contribution in [0.4, 0.5) is 4.39 Å². The van der Waals surface area contributed by atoms with Crippen LogP contribution in [0.1, 0.15) is 16.7 Å². The van der Waals surface area contributed by atoms with Gasteiger partial charge in [0.15, 0.2) is 0 Å². The van der Waals surface area contributed by atoms with Gasteiger partial charge in [-0.1, -0.05) is 17.7 Å². The van der Waals surface area contributed by atoms with E-state index >= 15 is 0 Å². The van der Waals surface area contributed by atoms with E-state index in [1.807, 2.05) is 25.2 Å². The molecule has 2 rings (SSSR count). The molecule has 0 saturated carbocycles. The summed E-state index contributed by atoms with van der Waals surface area (Å²) in [5.74, 6) is 0.104. The molecule has 0 amide bonds. The SMILES string of the molecule is CNCc1ccc(OCc2cc(F)ccc2C#N)c(Cl)c1. The molecule has 0 fully saturated rings. The molecular weight excluding hydrogens is 291 g/mol. The predicted octanol–water partition coefficient (Wildman–Crippen LogP) is 3.65. The molecule has 0 aliphatic rings. The molecule has 0 radical (unpaired) electrons. The van der Waals surface area contributed by atoms with Crippen molar-refractivity contribution < 1.29 is 9.13 Å². The molecular formula is C16H14ClFN2O. The van der Waals surface area contributed by atoms with Gasteiger partial charge in [0.1, 0.15) is 18.2 Å². The van der Waals surface area contributed by atoms with Crippen LogP contribution in [-0.2, 0) is 13.2 Å². The summed E-state index contributed by atoms with van der Waals surface area (Å²) in [5, 5.41) is 12.5. The Bertz CT molecular complexity index is 682. The van der Waals surface area contributed by atoms with Gasteiger partial charge in [0, 0.05) is 12.1 Å². The van der Waals surface area contributed by atoms with E-state index in [2.05, 4.69) is 5.32 Å². The number of hydrogen-bond acceptors (Lipinski definition) is 3. The first-order valence-electron chi connectivity index (χ1n) is 6.38. The van der Waals surface area contributed by atoms with Crippen molar-refractivity contribution in [1.82, 2.24) is 5.32 Å². The average molecular weight is 305 g/mol. The van der Waals surface area contributed by atoms with Gasteiger partial charge in [0.2, 0.25) is 0 Å². The van der Waals surface area contributed by atoms with Crippen molar-refractivity contribution in [2.45, 2.75) is 13.2 Å². The number of nitrogens with zero attached hydrogens (tertiary/aromatic N) is 1. The van der Waals surface area contributed by atoms with Crippen LogP contribution in [0.15, 0.2) is 36.4 Å². The van der Waals surface area contributed by atoms with Crippen molar-refractivity contribution in [3.63, 3.8) is 0 Å². The first-order chi connectivity index (χ1) is 10.1. The van der Waals surface area contributed by atoms with E-state index in [0.717, 1.165) is 5.56 Å². The van der Waals surface area contributed by atoms with Crippen molar-refractivity contribution in [3.8, 4) is 11.8 Å².